The first kappa shape index (κ1) is 8.57. The fourth-order valence-corrected chi connectivity index (χ4v) is 1.45. The van der Waals surface area contributed by atoms with Gasteiger partial charge in [-0.25, -0.2) is 4.79 Å². The molecule has 0 spiro atoms. The summed E-state index contributed by atoms with van der Waals surface area (Å²) in [5.74, 6) is 0. The van der Waals surface area contributed by atoms with Crippen molar-refractivity contribution in [2.45, 2.75) is 6.04 Å². The highest BCUT2D eigenvalue weighted by atomic mass is 16.6. The molecule has 1 N–H and O–H groups in total. The Kier molecular flexibility index (Phi) is 2.07. The number of carbonyl (C=O) groups is 1. The molecule has 0 aliphatic carbocycles. The molecule has 0 radical (unpaired) electrons. The van der Waals surface area contributed by atoms with Crippen LogP contribution in [-0.4, -0.2) is 12.7 Å². The van der Waals surface area contributed by atoms with Gasteiger partial charge in [0.1, 0.15) is 6.61 Å². The van der Waals surface area contributed by atoms with Gasteiger partial charge < -0.3 is 10.1 Å². The number of nitrogens with one attached hydrogen (secondary N) is 1. The molecule has 0 saturated carbocycles. The van der Waals surface area contributed by atoms with Crippen molar-refractivity contribution < 1.29 is 9.53 Å². The van der Waals surface area contributed by atoms with Crippen molar-refractivity contribution in [1.29, 1.82) is 5.26 Å². The standard InChI is InChI=1S/C10H8N2O2/c11-5-7-3-1-2-4-8(7)9-6-14-10(13)12-9/h1-4,9H,6H2,(H,12,13). The lowest BCUT2D eigenvalue weighted by molar-refractivity contribution is 0.177. The number of benzene rings is 1. The minimum atomic E-state index is -0.428. The highest BCUT2D eigenvalue weighted by Crippen LogP contribution is 2.21. The molecule has 0 bridgehead atoms. The van der Waals surface area contributed by atoms with Crippen molar-refractivity contribution in [2.75, 3.05) is 6.61 Å². The Morgan fingerprint density at radius 3 is 2.93 bits per heavy atom. The summed E-state index contributed by atoms with van der Waals surface area (Å²) >= 11 is 0. The number of nitrogens with zero attached hydrogens (tertiary/aromatic N) is 1. The third-order valence-corrected chi connectivity index (χ3v) is 2.13. The Bertz CT molecular complexity index is 409. The molecule has 1 heterocycles. The van der Waals surface area contributed by atoms with Crippen molar-refractivity contribution in [3.63, 3.8) is 0 Å². The molecule has 1 aromatic rings. The summed E-state index contributed by atoms with van der Waals surface area (Å²) in [6, 6.07) is 9.05. The lowest BCUT2D eigenvalue weighted by Crippen LogP contribution is -2.19. The van der Waals surface area contributed by atoms with E-state index in [1.54, 1.807) is 12.1 Å². The molecule has 14 heavy (non-hydrogen) atoms. The van der Waals surface area contributed by atoms with Crippen LogP contribution in [0.15, 0.2) is 24.3 Å². The zero-order valence-electron chi connectivity index (χ0n) is 7.36. The van der Waals surface area contributed by atoms with Gasteiger partial charge in [-0.1, -0.05) is 18.2 Å². The molecule has 1 saturated heterocycles. The topological polar surface area (TPSA) is 62.1 Å². The van der Waals surface area contributed by atoms with Crippen molar-refractivity contribution in [3.8, 4) is 6.07 Å². The van der Waals surface area contributed by atoms with Gasteiger partial charge in [0.2, 0.25) is 0 Å². The second kappa shape index (κ2) is 3.38. The maximum absolute atomic E-state index is 10.8. The number of nitriles is 1. The number of hydrogen-bond acceptors (Lipinski definition) is 3. The van der Waals surface area contributed by atoms with Crippen LogP contribution >= 0.6 is 0 Å². The number of amides is 1. The van der Waals surface area contributed by atoms with E-state index in [0.717, 1.165) is 5.56 Å². The average molecular weight is 188 g/mol. The number of rotatable bonds is 1. The van der Waals surface area contributed by atoms with E-state index in [2.05, 4.69) is 11.4 Å². The molecular weight excluding hydrogens is 180 g/mol. The van der Waals surface area contributed by atoms with Crippen molar-refractivity contribution >= 4 is 6.09 Å². The highest BCUT2D eigenvalue weighted by Gasteiger charge is 2.25. The monoisotopic (exact) mass is 188 g/mol. The second-order valence-corrected chi connectivity index (χ2v) is 2.99. The molecule has 1 unspecified atom stereocenters. The molecule has 4 nitrogen and oxygen atoms in total. The van der Waals surface area contributed by atoms with Crippen LogP contribution < -0.4 is 5.32 Å². The van der Waals surface area contributed by atoms with E-state index in [1.807, 2.05) is 12.1 Å². The SMILES string of the molecule is N#Cc1ccccc1C1COC(=O)N1. The second-order valence-electron chi connectivity index (χ2n) is 2.99. The smallest absolute Gasteiger partial charge is 0.407 e. The van der Waals surface area contributed by atoms with E-state index in [-0.39, 0.29) is 12.6 Å². The summed E-state index contributed by atoms with van der Waals surface area (Å²) in [5.41, 5.74) is 1.38. The minimum absolute atomic E-state index is 0.196. The maximum atomic E-state index is 10.8. The summed E-state index contributed by atoms with van der Waals surface area (Å²) in [5, 5.41) is 11.5. The van der Waals surface area contributed by atoms with Gasteiger partial charge in [-0.3, -0.25) is 0 Å². The van der Waals surface area contributed by atoms with Crippen LogP contribution in [0.4, 0.5) is 4.79 Å². The van der Waals surface area contributed by atoms with Crippen LogP contribution in [0.1, 0.15) is 17.2 Å². The van der Waals surface area contributed by atoms with E-state index in [4.69, 9.17) is 10.00 Å². The molecule has 1 amide bonds. The van der Waals surface area contributed by atoms with Gasteiger partial charge in [-0.2, -0.15) is 5.26 Å². The Balaban J connectivity index is 2.33. The third kappa shape index (κ3) is 1.40. The molecule has 1 aromatic carbocycles. The molecule has 4 heteroatoms. The number of hydrogen-bond donors (Lipinski definition) is 1. The number of cyclic esters (lactones) is 1. The molecule has 70 valence electrons. The number of ether oxygens (including phenoxy) is 1. The summed E-state index contributed by atoms with van der Waals surface area (Å²) in [7, 11) is 0. The zero-order valence-corrected chi connectivity index (χ0v) is 7.36. The lowest BCUT2D eigenvalue weighted by Gasteiger charge is -2.08. The number of alkyl carbamates (subject to hydrolysis) is 1. The molecular formula is C10H8N2O2. The quantitative estimate of drug-likeness (QED) is 0.723. The maximum Gasteiger partial charge on any atom is 0.407 e. The van der Waals surface area contributed by atoms with Gasteiger partial charge >= 0.3 is 6.09 Å². The van der Waals surface area contributed by atoms with Gasteiger partial charge in [0.15, 0.2) is 0 Å². The molecule has 1 aliphatic heterocycles. The van der Waals surface area contributed by atoms with Gasteiger partial charge in [0, 0.05) is 0 Å². The van der Waals surface area contributed by atoms with E-state index in [9.17, 15) is 4.79 Å². The average Bonchev–Trinajstić information content (AvgIpc) is 2.65. The van der Waals surface area contributed by atoms with Crippen LogP contribution in [-0.2, 0) is 4.74 Å². The van der Waals surface area contributed by atoms with Crippen LogP contribution in [0.3, 0.4) is 0 Å². The lowest BCUT2D eigenvalue weighted by atomic mass is 10.0. The van der Waals surface area contributed by atoms with Gasteiger partial charge in [-0.05, 0) is 11.6 Å². The predicted molar refractivity (Wildman–Crippen MR) is 48.4 cm³/mol. The Morgan fingerprint density at radius 1 is 1.50 bits per heavy atom. The van der Waals surface area contributed by atoms with Crippen molar-refractivity contribution in [3.05, 3.63) is 35.4 Å². The van der Waals surface area contributed by atoms with Gasteiger partial charge in [0.05, 0.1) is 17.7 Å². The van der Waals surface area contributed by atoms with Crippen molar-refractivity contribution in [2.24, 2.45) is 0 Å². The minimum Gasteiger partial charge on any atom is -0.447 e. The normalized spacial score (nSPS) is 19.6. The fourth-order valence-electron chi connectivity index (χ4n) is 1.45. The van der Waals surface area contributed by atoms with E-state index in [0.29, 0.717) is 5.56 Å². The van der Waals surface area contributed by atoms with Crippen LogP contribution in [0.25, 0.3) is 0 Å². The summed E-state index contributed by atoms with van der Waals surface area (Å²) in [6.07, 6.45) is -0.428. The van der Waals surface area contributed by atoms with Crippen molar-refractivity contribution in [1.82, 2.24) is 5.32 Å². The van der Waals surface area contributed by atoms with Crippen LogP contribution in [0.5, 0.6) is 0 Å². The van der Waals surface area contributed by atoms with E-state index < -0.39 is 6.09 Å². The van der Waals surface area contributed by atoms with Gasteiger partial charge in [0.25, 0.3) is 0 Å². The summed E-state index contributed by atoms with van der Waals surface area (Å²) in [4.78, 5) is 10.8. The Hall–Kier alpha value is -2.02. The Morgan fingerprint density at radius 2 is 2.29 bits per heavy atom. The highest BCUT2D eigenvalue weighted by molar-refractivity contribution is 5.70. The molecule has 1 atom stereocenters. The fraction of sp³-hybridized carbons (Fsp3) is 0.200. The number of carbonyl (C=O) groups excluding carboxylic acids is 1. The molecule has 2 rings (SSSR count). The molecule has 1 aliphatic rings. The molecule has 1 fully saturated rings. The summed E-state index contributed by atoms with van der Waals surface area (Å²) in [6.45, 7) is 0.289. The van der Waals surface area contributed by atoms with Crippen LogP contribution in [0, 0.1) is 11.3 Å². The molecule has 0 aromatic heterocycles. The van der Waals surface area contributed by atoms with E-state index in [1.165, 1.54) is 0 Å². The summed E-state index contributed by atoms with van der Waals surface area (Å²) < 4.78 is 4.76. The first-order chi connectivity index (χ1) is 6.81. The van der Waals surface area contributed by atoms with Crippen LogP contribution in [0.2, 0.25) is 0 Å². The first-order valence-corrected chi connectivity index (χ1v) is 4.23. The van der Waals surface area contributed by atoms with Gasteiger partial charge in [-0.15, -0.1) is 0 Å². The van der Waals surface area contributed by atoms with E-state index >= 15 is 0 Å². The Labute approximate surface area is 81.1 Å². The third-order valence-electron chi connectivity index (χ3n) is 2.13. The first-order valence-electron chi connectivity index (χ1n) is 4.23. The zero-order chi connectivity index (χ0) is 9.97. The predicted octanol–water partition coefficient (Wildman–Crippen LogP) is 1.34. The largest absolute Gasteiger partial charge is 0.447 e.